The fourth-order valence-corrected chi connectivity index (χ4v) is 7.67. The fourth-order valence-electron chi connectivity index (χ4n) is 7.67. The molecule has 4 rings (SSSR count). The van der Waals surface area contributed by atoms with E-state index >= 15 is 0 Å². The van der Waals surface area contributed by atoms with Crippen LogP contribution < -0.4 is 0 Å². The first-order chi connectivity index (χ1) is 13.3. The van der Waals surface area contributed by atoms with Crippen molar-refractivity contribution in [1.82, 2.24) is 0 Å². The van der Waals surface area contributed by atoms with Crippen molar-refractivity contribution >= 4 is 11.8 Å². The highest BCUT2D eigenvalue weighted by molar-refractivity contribution is 5.84. The minimum Gasteiger partial charge on any atom is -0.712 e. The molecule has 0 unspecified atom stereocenters. The predicted octanol–water partition coefficient (Wildman–Crippen LogP) is 5.09. The maximum Gasteiger partial charge on any atom is 0.302 e. The van der Waals surface area contributed by atoms with E-state index in [2.05, 4.69) is 25.0 Å². The lowest BCUT2D eigenvalue weighted by molar-refractivity contribution is -0.149. The molecule has 154 valence electrons. The van der Waals surface area contributed by atoms with E-state index in [0.29, 0.717) is 17.8 Å². The molecule has 0 aliphatic heterocycles. The first-order valence-corrected chi connectivity index (χ1v) is 11.0. The van der Waals surface area contributed by atoms with Gasteiger partial charge >= 0.3 is 5.97 Å². The van der Waals surface area contributed by atoms with Gasteiger partial charge < -0.3 is 15.4 Å². The number of Topliss-reactive ketones (excluding diaryl/α,β-unsaturated/α-hetero) is 1. The molecule has 5 heteroatoms. The van der Waals surface area contributed by atoms with Gasteiger partial charge in [-0.25, -0.2) is 0 Å². The first-order valence-electron chi connectivity index (χ1n) is 11.0. The number of ether oxygens (including phenoxy) is 1. The van der Waals surface area contributed by atoms with Crippen LogP contribution in [0.3, 0.4) is 0 Å². The van der Waals surface area contributed by atoms with Gasteiger partial charge in [0, 0.05) is 19.3 Å². The van der Waals surface area contributed by atoms with Crippen LogP contribution in [0.5, 0.6) is 0 Å². The third-order valence-electron chi connectivity index (χ3n) is 9.01. The summed E-state index contributed by atoms with van der Waals surface area (Å²) in [5.74, 6) is 1.88. The monoisotopic (exact) mass is 385 g/mol. The molecule has 0 aromatic rings. The van der Waals surface area contributed by atoms with Gasteiger partial charge in [0.1, 0.15) is 6.10 Å². The van der Waals surface area contributed by atoms with Crippen LogP contribution in [-0.2, 0) is 14.3 Å². The van der Waals surface area contributed by atoms with Crippen LogP contribution in [0, 0.1) is 34.5 Å². The van der Waals surface area contributed by atoms with Crippen LogP contribution in [0.4, 0.5) is 0 Å². The molecule has 0 aromatic heterocycles. The summed E-state index contributed by atoms with van der Waals surface area (Å²) in [5.41, 5.74) is 10.6. The van der Waals surface area contributed by atoms with Gasteiger partial charge in [0.15, 0.2) is 5.78 Å². The predicted molar refractivity (Wildman–Crippen MR) is 106 cm³/mol. The lowest BCUT2D eigenvalue weighted by atomic mass is 9.47. The average molecular weight is 386 g/mol. The number of allylic oxidation sites excluding steroid dienone is 1. The molecule has 0 radical (unpaired) electrons. The summed E-state index contributed by atoms with van der Waals surface area (Å²) in [6, 6.07) is 0. The summed E-state index contributed by atoms with van der Waals surface area (Å²) >= 11 is 0. The number of rotatable bonds is 4. The topological polar surface area (TPSA) is 78.0 Å². The molecule has 0 heterocycles. The zero-order valence-corrected chi connectivity index (χ0v) is 17.4. The van der Waals surface area contributed by atoms with Crippen LogP contribution in [-0.4, -0.2) is 24.4 Å². The van der Waals surface area contributed by atoms with E-state index in [9.17, 15) is 9.59 Å². The summed E-state index contributed by atoms with van der Waals surface area (Å²) in [6.45, 7) is 6.20. The van der Waals surface area contributed by atoms with Crippen LogP contribution in [0.15, 0.2) is 16.8 Å². The van der Waals surface area contributed by atoms with Crippen LogP contribution >= 0.6 is 0 Å². The molecular formula is C23H33N2O3-. The van der Waals surface area contributed by atoms with Crippen molar-refractivity contribution in [3.8, 4) is 0 Å². The van der Waals surface area contributed by atoms with Crippen molar-refractivity contribution < 1.29 is 14.3 Å². The SMILES string of the molecule is CC(=O)O[C@H]1CC[C@@]2(C)C(=CC[C@@H]3[C@H]2CC[C@]2(C)[C@@H](C(=O)CN=[N-])CC[C@@H]32)C1. The minimum atomic E-state index is -0.174. The first kappa shape index (κ1) is 19.8. The molecule has 0 N–H and O–H groups in total. The normalized spacial score (nSPS) is 44.5. The summed E-state index contributed by atoms with van der Waals surface area (Å²) < 4.78 is 5.52. The van der Waals surface area contributed by atoms with Crippen molar-refractivity contribution in [3.63, 3.8) is 0 Å². The minimum absolute atomic E-state index is 0.0398. The average Bonchev–Trinajstić information content (AvgIpc) is 2.99. The van der Waals surface area contributed by atoms with Gasteiger partial charge in [-0.3, -0.25) is 9.59 Å². The number of hydrogen-bond acceptors (Lipinski definition) is 4. The van der Waals surface area contributed by atoms with Crippen molar-refractivity contribution in [2.24, 2.45) is 39.6 Å². The summed E-state index contributed by atoms with van der Waals surface area (Å²) in [6.07, 6.45) is 10.8. The van der Waals surface area contributed by atoms with Gasteiger partial charge in [0.2, 0.25) is 0 Å². The Morgan fingerprint density at radius 3 is 2.68 bits per heavy atom. The van der Waals surface area contributed by atoms with Crippen molar-refractivity contribution in [2.45, 2.75) is 78.2 Å². The largest absolute Gasteiger partial charge is 0.712 e. The van der Waals surface area contributed by atoms with E-state index in [1.54, 1.807) is 0 Å². The second-order valence-corrected chi connectivity index (χ2v) is 10.2. The molecule has 4 aliphatic rings. The Balaban J connectivity index is 1.56. The lowest BCUT2D eigenvalue weighted by Gasteiger charge is -2.58. The molecule has 0 spiro atoms. The number of fused-ring (bicyclic) bond motifs is 5. The standard InChI is InChI=1S/C23H33N2O3/c1-14(26)28-16-8-10-22(2)15(12-16)4-5-17-18-6-7-20(21(27)13-25-24)23(18,3)11-9-19(17)22/h4,16-20H,5-13H2,1-3H3/q-1/t16-,17-,18-,19+,20+,22-,23-/m0/s1. The third kappa shape index (κ3) is 2.96. The smallest absolute Gasteiger partial charge is 0.302 e. The molecule has 28 heavy (non-hydrogen) atoms. The summed E-state index contributed by atoms with van der Waals surface area (Å²) in [5, 5.41) is 3.13. The molecule has 0 bridgehead atoms. The second kappa shape index (κ2) is 7.07. The number of hydrogen-bond donors (Lipinski definition) is 0. The van der Waals surface area contributed by atoms with E-state index < -0.39 is 0 Å². The molecule has 5 nitrogen and oxygen atoms in total. The van der Waals surface area contributed by atoms with Crippen LogP contribution in [0.25, 0.3) is 5.53 Å². The number of esters is 1. The summed E-state index contributed by atoms with van der Waals surface area (Å²) in [4.78, 5) is 24.0. The Morgan fingerprint density at radius 1 is 1.18 bits per heavy atom. The zero-order valence-electron chi connectivity index (χ0n) is 17.4. The summed E-state index contributed by atoms with van der Waals surface area (Å²) in [7, 11) is 0. The third-order valence-corrected chi connectivity index (χ3v) is 9.01. The van der Waals surface area contributed by atoms with E-state index in [-0.39, 0.29) is 41.1 Å². The second-order valence-electron chi connectivity index (χ2n) is 10.2. The highest BCUT2D eigenvalue weighted by Gasteiger charge is 2.59. The van der Waals surface area contributed by atoms with E-state index in [1.165, 1.54) is 18.9 Å². The van der Waals surface area contributed by atoms with E-state index in [0.717, 1.165) is 44.9 Å². The quantitative estimate of drug-likeness (QED) is 0.384. The maximum atomic E-state index is 12.6. The highest BCUT2D eigenvalue weighted by Crippen LogP contribution is 2.66. The molecule has 4 aliphatic carbocycles. The lowest BCUT2D eigenvalue weighted by Crippen LogP contribution is -2.51. The molecule has 3 fully saturated rings. The zero-order chi connectivity index (χ0) is 20.1. The molecule has 0 amide bonds. The van der Waals surface area contributed by atoms with E-state index in [1.807, 2.05) is 0 Å². The van der Waals surface area contributed by atoms with Crippen molar-refractivity contribution in [1.29, 1.82) is 0 Å². The molecule has 7 atom stereocenters. The number of carbonyl (C=O) groups excluding carboxylic acids is 2. The maximum absolute atomic E-state index is 12.6. The van der Waals surface area contributed by atoms with Gasteiger partial charge in [0.05, 0.1) is 6.54 Å². The Labute approximate surface area is 168 Å². The van der Waals surface area contributed by atoms with Gasteiger partial charge in [-0.15, -0.1) is 0 Å². The fraction of sp³-hybridized carbons (Fsp3) is 0.826. The Bertz CT molecular complexity index is 717. The van der Waals surface area contributed by atoms with Gasteiger partial charge in [-0.05, 0) is 73.5 Å². The van der Waals surface area contributed by atoms with Crippen molar-refractivity contribution in [2.75, 3.05) is 6.54 Å². The number of ketones is 1. The van der Waals surface area contributed by atoms with Crippen LogP contribution in [0.1, 0.15) is 72.1 Å². The molecule has 0 saturated heterocycles. The molecular weight excluding hydrogens is 352 g/mol. The van der Waals surface area contributed by atoms with Gasteiger partial charge in [-0.2, -0.15) is 0 Å². The van der Waals surface area contributed by atoms with Gasteiger partial charge in [0.25, 0.3) is 0 Å². The molecule has 3 saturated carbocycles. The van der Waals surface area contributed by atoms with Crippen LogP contribution in [0.2, 0.25) is 0 Å². The highest BCUT2D eigenvalue weighted by atomic mass is 16.5. The number of nitrogens with zero attached hydrogens (tertiary/aromatic N) is 2. The number of carbonyl (C=O) groups is 2. The Morgan fingerprint density at radius 2 is 1.96 bits per heavy atom. The van der Waals surface area contributed by atoms with Crippen molar-refractivity contribution in [3.05, 3.63) is 17.2 Å². The Kier molecular flexibility index (Phi) is 4.99. The van der Waals surface area contributed by atoms with Gasteiger partial charge in [-0.1, -0.05) is 25.5 Å². The Hall–Kier alpha value is -1.52. The van der Waals surface area contributed by atoms with E-state index in [4.69, 9.17) is 10.3 Å². The molecule has 0 aromatic carbocycles.